The van der Waals surface area contributed by atoms with E-state index < -0.39 is 0 Å². The molecular weight excluding hydrogens is 286 g/mol. The third kappa shape index (κ3) is 6.51. The van der Waals surface area contributed by atoms with Crippen LogP contribution >= 0.6 is 0 Å². The van der Waals surface area contributed by atoms with Crippen LogP contribution in [0.3, 0.4) is 0 Å². The fourth-order valence-corrected chi connectivity index (χ4v) is 1.14. The molecule has 19 heavy (non-hydrogen) atoms. The number of rotatable bonds is 0. The van der Waals surface area contributed by atoms with E-state index in [0.717, 1.165) is 11.1 Å². The monoisotopic (exact) mass is 296 g/mol. The van der Waals surface area contributed by atoms with Crippen LogP contribution in [0, 0.1) is 48.6 Å². The molecule has 0 saturated heterocycles. The fraction of sp³-hybridized carbons (Fsp3) is 0.125. The molecule has 0 atom stereocenters. The van der Waals surface area contributed by atoms with Gasteiger partial charge in [0.25, 0.3) is 0 Å². The van der Waals surface area contributed by atoms with E-state index in [1.54, 1.807) is 24.3 Å². The maximum atomic E-state index is 8.36. The Labute approximate surface area is 127 Å². The van der Waals surface area contributed by atoms with Gasteiger partial charge in [-0.3, -0.25) is 0 Å². The van der Waals surface area contributed by atoms with Crippen molar-refractivity contribution in [2.24, 2.45) is 0 Å². The predicted molar refractivity (Wildman–Crippen MR) is 69.5 cm³/mol. The molecular formula is C16H12N2Zn. The summed E-state index contributed by atoms with van der Waals surface area (Å²) in [4.78, 5) is 0. The summed E-state index contributed by atoms with van der Waals surface area (Å²) in [5, 5.41) is 16.7. The number of nitrogens with zero attached hydrogens (tertiary/aromatic N) is 2. The molecule has 0 heterocycles. The van der Waals surface area contributed by atoms with Crippen LogP contribution in [0.25, 0.3) is 0 Å². The zero-order chi connectivity index (χ0) is 13.4. The fourth-order valence-electron chi connectivity index (χ4n) is 1.14. The van der Waals surface area contributed by atoms with Crippen LogP contribution in [0.4, 0.5) is 0 Å². The Bertz CT molecular complexity index is 517. The van der Waals surface area contributed by atoms with Crippen molar-refractivity contribution < 1.29 is 19.5 Å². The van der Waals surface area contributed by atoms with Gasteiger partial charge in [0.2, 0.25) is 0 Å². The van der Waals surface area contributed by atoms with Crippen LogP contribution in [0.5, 0.6) is 0 Å². The van der Waals surface area contributed by atoms with Gasteiger partial charge in [0, 0.05) is 12.1 Å². The predicted octanol–water partition coefficient (Wildman–Crippen LogP) is 3.33. The van der Waals surface area contributed by atoms with Crippen molar-refractivity contribution in [1.29, 1.82) is 10.5 Å². The Kier molecular flexibility index (Phi) is 8.11. The van der Waals surface area contributed by atoms with Crippen LogP contribution in [-0.2, 0) is 19.5 Å². The van der Waals surface area contributed by atoms with Crippen LogP contribution < -0.4 is 0 Å². The van der Waals surface area contributed by atoms with Gasteiger partial charge in [-0.15, -0.1) is 0 Å². The van der Waals surface area contributed by atoms with Gasteiger partial charge < -0.3 is 0 Å². The molecule has 0 saturated carbocycles. The summed E-state index contributed by atoms with van der Waals surface area (Å²) in [6.45, 7) is 3.89. The van der Waals surface area contributed by atoms with Crippen molar-refractivity contribution in [3.05, 3.63) is 70.8 Å². The van der Waals surface area contributed by atoms with E-state index in [-0.39, 0.29) is 19.5 Å². The normalized spacial score (nSPS) is 8.00. The van der Waals surface area contributed by atoms with E-state index in [0.29, 0.717) is 11.1 Å². The van der Waals surface area contributed by atoms with E-state index in [1.807, 2.05) is 38.1 Å². The maximum absolute atomic E-state index is 8.36. The summed E-state index contributed by atoms with van der Waals surface area (Å²) < 4.78 is 0. The van der Waals surface area contributed by atoms with Gasteiger partial charge in [-0.05, 0) is 0 Å². The molecule has 0 radical (unpaired) electrons. The Hall–Kier alpha value is -1.96. The molecule has 0 aromatic heterocycles. The largest absolute Gasteiger partial charge is 2.00 e. The Morgan fingerprint density at radius 3 is 1.37 bits per heavy atom. The zero-order valence-corrected chi connectivity index (χ0v) is 14.0. The molecule has 0 spiro atoms. The summed E-state index contributed by atoms with van der Waals surface area (Å²) in [6.07, 6.45) is 0. The molecule has 0 aliphatic carbocycles. The van der Waals surface area contributed by atoms with E-state index in [9.17, 15) is 0 Å². The third-order valence-electron chi connectivity index (χ3n) is 2.19. The second-order valence-electron chi connectivity index (χ2n) is 3.74. The van der Waals surface area contributed by atoms with Gasteiger partial charge in [0.05, 0.1) is 0 Å². The van der Waals surface area contributed by atoms with E-state index >= 15 is 0 Å². The smallest absolute Gasteiger partial charge is 0.208 e. The molecule has 0 bridgehead atoms. The van der Waals surface area contributed by atoms with Crippen molar-refractivity contribution >= 4 is 0 Å². The molecule has 3 heteroatoms. The molecule has 2 nitrogen and oxygen atoms in total. The number of hydrogen-bond donors (Lipinski definition) is 0. The zero-order valence-electron chi connectivity index (χ0n) is 11.1. The van der Waals surface area contributed by atoms with E-state index in [4.69, 9.17) is 10.5 Å². The number of nitriles is 2. The number of hydrogen-bond acceptors (Lipinski definition) is 2. The maximum Gasteiger partial charge on any atom is 2.00 e. The van der Waals surface area contributed by atoms with Crippen molar-refractivity contribution in [2.45, 2.75) is 13.8 Å². The molecule has 0 fully saturated rings. The average Bonchev–Trinajstić information content (AvgIpc) is 2.41. The van der Waals surface area contributed by atoms with E-state index in [1.165, 1.54) is 0 Å². The van der Waals surface area contributed by atoms with Gasteiger partial charge >= 0.3 is 19.5 Å². The van der Waals surface area contributed by atoms with Gasteiger partial charge in [0.15, 0.2) is 0 Å². The van der Waals surface area contributed by atoms with Crippen LogP contribution in [0.2, 0.25) is 0 Å². The first-order chi connectivity index (χ1) is 8.65. The van der Waals surface area contributed by atoms with Crippen LogP contribution in [0.1, 0.15) is 22.3 Å². The molecule has 0 N–H and O–H groups in total. The molecule has 88 valence electrons. The average molecular weight is 298 g/mol. The molecule has 0 aliphatic heterocycles. The van der Waals surface area contributed by atoms with Gasteiger partial charge in [-0.2, -0.15) is 59.7 Å². The summed E-state index contributed by atoms with van der Waals surface area (Å²) >= 11 is 0. The van der Waals surface area contributed by atoms with Gasteiger partial charge in [0.1, 0.15) is 0 Å². The van der Waals surface area contributed by atoms with Crippen molar-refractivity contribution in [2.75, 3.05) is 0 Å². The number of aryl methyl sites for hydroxylation is 2. The molecule has 0 aliphatic rings. The quantitative estimate of drug-likeness (QED) is 0.553. The minimum atomic E-state index is 0. The molecule has 2 aromatic carbocycles. The van der Waals surface area contributed by atoms with Crippen molar-refractivity contribution in [3.63, 3.8) is 0 Å². The SMILES string of the molecule is Cc1[c-]cc(C#N)cc1.Cc1[c-]cc(C#N)cc1.[Zn+2]. The minimum absolute atomic E-state index is 0. The van der Waals surface area contributed by atoms with Crippen LogP contribution in [-0.4, -0.2) is 0 Å². The Balaban J connectivity index is 0.000000324. The summed E-state index contributed by atoms with van der Waals surface area (Å²) in [5.41, 5.74) is 3.46. The Morgan fingerprint density at radius 1 is 0.789 bits per heavy atom. The molecule has 2 aromatic rings. The van der Waals surface area contributed by atoms with Crippen molar-refractivity contribution in [1.82, 2.24) is 0 Å². The van der Waals surface area contributed by atoms with Gasteiger partial charge in [-0.25, -0.2) is 10.5 Å². The van der Waals surface area contributed by atoms with Gasteiger partial charge in [-0.1, -0.05) is 25.0 Å². The Morgan fingerprint density at radius 2 is 1.16 bits per heavy atom. The second-order valence-corrected chi connectivity index (χ2v) is 3.74. The van der Waals surface area contributed by atoms with Crippen LogP contribution in [0.15, 0.2) is 36.4 Å². The molecule has 0 amide bonds. The molecule has 0 unspecified atom stereocenters. The summed E-state index contributed by atoms with van der Waals surface area (Å²) in [7, 11) is 0. The first-order valence-corrected chi connectivity index (χ1v) is 5.42. The standard InChI is InChI=1S/2C8H6N.Zn/c2*1-7-2-4-8(6-9)5-3-7;/h2*2,4-5H,1H3;/q2*-1;+2. The minimum Gasteiger partial charge on any atom is -0.208 e. The third-order valence-corrected chi connectivity index (χ3v) is 2.19. The van der Waals surface area contributed by atoms with E-state index in [2.05, 4.69) is 12.1 Å². The first kappa shape index (κ1) is 17.0. The first-order valence-electron chi connectivity index (χ1n) is 5.42. The second kappa shape index (κ2) is 9.04. The number of benzene rings is 2. The molecule has 2 rings (SSSR count). The topological polar surface area (TPSA) is 47.6 Å². The summed E-state index contributed by atoms with van der Waals surface area (Å²) in [5.74, 6) is 0. The summed E-state index contributed by atoms with van der Waals surface area (Å²) in [6, 6.07) is 20.6. The van der Waals surface area contributed by atoms with Crippen molar-refractivity contribution in [3.8, 4) is 12.1 Å².